The summed E-state index contributed by atoms with van der Waals surface area (Å²) in [5.41, 5.74) is 2.34. The van der Waals surface area contributed by atoms with E-state index < -0.39 is 10.0 Å². The molecule has 6 nitrogen and oxygen atoms in total. The molecule has 0 radical (unpaired) electrons. The second-order valence-electron chi connectivity index (χ2n) is 7.74. The first-order valence-electron chi connectivity index (χ1n) is 10.3. The maximum Gasteiger partial charge on any atom is 0.255 e. The van der Waals surface area contributed by atoms with Crippen molar-refractivity contribution in [3.63, 3.8) is 0 Å². The van der Waals surface area contributed by atoms with Crippen molar-refractivity contribution in [1.82, 2.24) is 4.31 Å². The van der Waals surface area contributed by atoms with Crippen LogP contribution in [0.25, 0.3) is 0 Å². The van der Waals surface area contributed by atoms with Gasteiger partial charge in [0.05, 0.1) is 4.90 Å². The van der Waals surface area contributed by atoms with E-state index in [0.717, 1.165) is 5.56 Å². The summed E-state index contributed by atoms with van der Waals surface area (Å²) in [6.45, 7) is 5.40. The van der Waals surface area contributed by atoms with Gasteiger partial charge in [-0.25, -0.2) is 8.42 Å². The van der Waals surface area contributed by atoms with Crippen LogP contribution in [-0.4, -0.2) is 30.5 Å². The van der Waals surface area contributed by atoms with Gasteiger partial charge in [-0.15, -0.1) is 0 Å². The predicted molar refractivity (Wildman–Crippen MR) is 125 cm³/mol. The molecule has 0 aliphatic heterocycles. The Hall–Kier alpha value is -3.29. The number of carbonyl (C=O) groups is 2. The largest absolute Gasteiger partial charge is 0.322 e. The van der Waals surface area contributed by atoms with Crippen LogP contribution in [0.4, 0.5) is 5.69 Å². The van der Waals surface area contributed by atoms with Crippen LogP contribution in [0.3, 0.4) is 0 Å². The van der Waals surface area contributed by atoms with Crippen molar-refractivity contribution in [2.75, 3.05) is 5.32 Å². The number of benzene rings is 3. The lowest BCUT2D eigenvalue weighted by molar-refractivity contribution is 0.101. The van der Waals surface area contributed by atoms with E-state index in [2.05, 4.69) is 5.32 Å². The van der Waals surface area contributed by atoms with Crippen LogP contribution >= 0.6 is 0 Å². The lowest BCUT2D eigenvalue weighted by Gasteiger charge is -2.26. The molecule has 0 unspecified atom stereocenters. The zero-order valence-electron chi connectivity index (χ0n) is 18.3. The zero-order chi connectivity index (χ0) is 23.3. The number of nitrogens with zero attached hydrogens (tertiary/aromatic N) is 1. The Morgan fingerprint density at radius 2 is 1.41 bits per heavy atom. The van der Waals surface area contributed by atoms with Gasteiger partial charge in [0.25, 0.3) is 5.91 Å². The fraction of sp³-hybridized carbons (Fsp3) is 0.200. The average Bonchev–Trinajstić information content (AvgIpc) is 2.78. The van der Waals surface area contributed by atoms with Crippen LogP contribution < -0.4 is 5.32 Å². The van der Waals surface area contributed by atoms with Crippen molar-refractivity contribution in [3.8, 4) is 0 Å². The first-order chi connectivity index (χ1) is 15.2. The molecule has 0 atom stereocenters. The summed E-state index contributed by atoms with van der Waals surface area (Å²) < 4.78 is 27.9. The standard InChI is InChI=1S/C25H26N2O4S/c1-18(2)27(17-20-7-5-4-6-8-20)32(30,31)24-15-11-22(12-16-24)25(29)26-23-13-9-21(10-14-23)19(3)28/h4-16,18H,17H2,1-3H3,(H,26,29). The van der Waals surface area contributed by atoms with Gasteiger partial charge in [0.15, 0.2) is 5.78 Å². The van der Waals surface area contributed by atoms with Crippen LogP contribution in [0.15, 0.2) is 83.8 Å². The Morgan fingerprint density at radius 3 is 1.94 bits per heavy atom. The van der Waals surface area contributed by atoms with Gasteiger partial charge in [-0.05, 0) is 74.9 Å². The van der Waals surface area contributed by atoms with E-state index in [1.807, 2.05) is 44.2 Å². The van der Waals surface area contributed by atoms with E-state index in [0.29, 0.717) is 16.8 Å². The van der Waals surface area contributed by atoms with Crippen LogP contribution in [-0.2, 0) is 16.6 Å². The Morgan fingerprint density at radius 1 is 0.844 bits per heavy atom. The highest BCUT2D eigenvalue weighted by Crippen LogP contribution is 2.22. The Labute approximate surface area is 188 Å². The summed E-state index contributed by atoms with van der Waals surface area (Å²) in [4.78, 5) is 24.0. The van der Waals surface area contributed by atoms with E-state index >= 15 is 0 Å². The van der Waals surface area contributed by atoms with Gasteiger partial charge in [-0.1, -0.05) is 30.3 Å². The molecular weight excluding hydrogens is 424 g/mol. The summed E-state index contributed by atoms with van der Waals surface area (Å²) in [6, 6.07) is 21.6. The molecule has 3 aromatic carbocycles. The van der Waals surface area contributed by atoms with Gasteiger partial charge >= 0.3 is 0 Å². The molecule has 0 fully saturated rings. The molecular formula is C25H26N2O4S. The molecule has 0 spiro atoms. The van der Waals surface area contributed by atoms with Gasteiger partial charge in [-0.3, -0.25) is 9.59 Å². The van der Waals surface area contributed by atoms with Gasteiger partial charge < -0.3 is 5.32 Å². The third kappa shape index (κ3) is 5.49. The number of sulfonamides is 1. The number of carbonyl (C=O) groups excluding carboxylic acids is 2. The molecule has 32 heavy (non-hydrogen) atoms. The minimum Gasteiger partial charge on any atom is -0.322 e. The minimum atomic E-state index is -3.74. The van der Waals surface area contributed by atoms with Gasteiger partial charge in [-0.2, -0.15) is 4.31 Å². The molecule has 0 aliphatic rings. The summed E-state index contributed by atoms with van der Waals surface area (Å²) >= 11 is 0. The van der Waals surface area contributed by atoms with E-state index in [4.69, 9.17) is 0 Å². The van der Waals surface area contributed by atoms with Gasteiger partial charge in [0, 0.05) is 29.4 Å². The number of rotatable bonds is 8. The van der Waals surface area contributed by atoms with Gasteiger partial charge in [0.1, 0.15) is 0 Å². The lowest BCUT2D eigenvalue weighted by atomic mass is 10.1. The maximum atomic E-state index is 13.2. The molecule has 7 heteroatoms. The summed E-state index contributed by atoms with van der Waals surface area (Å²) in [5.74, 6) is -0.420. The van der Waals surface area contributed by atoms with E-state index in [-0.39, 0.29) is 29.2 Å². The fourth-order valence-corrected chi connectivity index (χ4v) is 4.84. The number of anilines is 1. The molecule has 3 rings (SSSR count). The number of hydrogen-bond donors (Lipinski definition) is 1. The number of hydrogen-bond acceptors (Lipinski definition) is 4. The smallest absolute Gasteiger partial charge is 0.255 e. The van der Waals surface area contributed by atoms with Crippen LogP contribution in [0, 0.1) is 0 Å². The number of amides is 1. The molecule has 166 valence electrons. The fourth-order valence-electron chi connectivity index (χ4n) is 3.21. The highest BCUT2D eigenvalue weighted by Gasteiger charge is 2.27. The van der Waals surface area contributed by atoms with E-state index in [1.165, 1.54) is 35.5 Å². The maximum absolute atomic E-state index is 13.2. The second kappa shape index (κ2) is 9.89. The highest BCUT2D eigenvalue weighted by atomic mass is 32.2. The van der Waals surface area contributed by atoms with Crippen molar-refractivity contribution in [1.29, 1.82) is 0 Å². The minimum absolute atomic E-state index is 0.0534. The van der Waals surface area contributed by atoms with Gasteiger partial charge in [0.2, 0.25) is 10.0 Å². The van der Waals surface area contributed by atoms with Crippen LogP contribution in [0.1, 0.15) is 47.1 Å². The predicted octanol–water partition coefficient (Wildman–Crippen LogP) is 4.74. The number of nitrogens with one attached hydrogen (secondary N) is 1. The van der Waals surface area contributed by atoms with Crippen molar-refractivity contribution in [2.24, 2.45) is 0 Å². The normalized spacial score (nSPS) is 11.5. The highest BCUT2D eigenvalue weighted by molar-refractivity contribution is 7.89. The molecule has 0 saturated heterocycles. The summed E-state index contributed by atoms with van der Waals surface area (Å²) in [5, 5.41) is 2.75. The lowest BCUT2D eigenvalue weighted by Crippen LogP contribution is -2.36. The molecule has 3 aromatic rings. The first-order valence-corrected chi connectivity index (χ1v) is 11.7. The Kier molecular flexibility index (Phi) is 7.22. The molecule has 1 N–H and O–H groups in total. The van der Waals surface area contributed by atoms with Crippen molar-refractivity contribution >= 4 is 27.4 Å². The van der Waals surface area contributed by atoms with Crippen LogP contribution in [0.2, 0.25) is 0 Å². The third-order valence-corrected chi connectivity index (χ3v) is 7.07. The SMILES string of the molecule is CC(=O)c1ccc(NC(=O)c2ccc(S(=O)(=O)N(Cc3ccccc3)C(C)C)cc2)cc1. The monoisotopic (exact) mass is 450 g/mol. The Bertz CT molecular complexity index is 1190. The second-order valence-corrected chi connectivity index (χ2v) is 9.63. The topological polar surface area (TPSA) is 83.5 Å². The van der Waals surface area contributed by atoms with E-state index in [1.54, 1.807) is 24.3 Å². The molecule has 0 bridgehead atoms. The molecule has 0 saturated carbocycles. The molecule has 1 amide bonds. The number of ketones is 1. The first kappa shape index (κ1) is 23.4. The van der Waals surface area contributed by atoms with Crippen molar-refractivity contribution in [3.05, 3.63) is 95.6 Å². The average molecular weight is 451 g/mol. The van der Waals surface area contributed by atoms with Crippen molar-refractivity contribution < 1.29 is 18.0 Å². The summed E-state index contributed by atoms with van der Waals surface area (Å²) in [6.07, 6.45) is 0. The molecule has 0 aliphatic carbocycles. The zero-order valence-corrected chi connectivity index (χ0v) is 19.1. The van der Waals surface area contributed by atoms with Crippen molar-refractivity contribution in [2.45, 2.75) is 38.3 Å². The third-order valence-electron chi connectivity index (χ3n) is 5.03. The van der Waals surface area contributed by atoms with E-state index in [9.17, 15) is 18.0 Å². The Balaban J connectivity index is 1.76. The number of Topliss-reactive ketones (excluding diaryl/α,β-unsaturated/α-hetero) is 1. The molecule has 0 aromatic heterocycles. The molecule has 0 heterocycles. The quantitative estimate of drug-likeness (QED) is 0.503. The summed E-state index contributed by atoms with van der Waals surface area (Å²) in [7, 11) is -3.74. The van der Waals surface area contributed by atoms with Crippen LogP contribution in [0.5, 0.6) is 0 Å².